The minimum Gasteiger partial charge on any atom is -0.365 e. The number of aromatic amines is 1. The van der Waals surface area contributed by atoms with Crippen molar-refractivity contribution in [2.24, 2.45) is 5.73 Å². The first-order valence-electron chi connectivity index (χ1n) is 8.04. The lowest BCUT2D eigenvalue weighted by molar-refractivity contribution is -0.121. The number of nitrogens with two attached hydrogens (primary N) is 1. The SMILES string of the molecule is NC(=O)c1cc2c([nH]c1=O)CCCC2NC(=O)Cc1ccccc1F. The first kappa shape index (κ1) is 16.9. The van der Waals surface area contributed by atoms with Gasteiger partial charge in [-0.15, -0.1) is 0 Å². The van der Waals surface area contributed by atoms with Gasteiger partial charge in [0.2, 0.25) is 5.91 Å². The molecule has 0 saturated carbocycles. The molecular weight excluding hydrogens is 325 g/mol. The molecule has 1 heterocycles. The summed E-state index contributed by atoms with van der Waals surface area (Å²) in [5.74, 6) is -1.57. The number of carbonyl (C=O) groups excluding carboxylic acids is 2. The van der Waals surface area contributed by atoms with Crippen molar-refractivity contribution in [3.05, 3.63) is 68.9 Å². The van der Waals surface area contributed by atoms with Crippen LogP contribution in [0.25, 0.3) is 0 Å². The van der Waals surface area contributed by atoms with Crippen LogP contribution in [0.4, 0.5) is 4.39 Å². The van der Waals surface area contributed by atoms with Crippen LogP contribution >= 0.6 is 0 Å². The zero-order valence-corrected chi connectivity index (χ0v) is 13.5. The van der Waals surface area contributed by atoms with Gasteiger partial charge in [0.1, 0.15) is 11.4 Å². The molecule has 1 atom stereocenters. The number of hydrogen-bond acceptors (Lipinski definition) is 3. The third kappa shape index (κ3) is 3.60. The van der Waals surface area contributed by atoms with Crippen LogP contribution in [0, 0.1) is 5.82 Å². The largest absolute Gasteiger partial charge is 0.365 e. The Balaban J connectivity index is 1.82. The zero-order valence-electron chi connectivity index (χ0n) is 13.5. The smallest absolute Gasteiger partial charge is 0.261 e. The molecule has 1 aliphatic rings. The van der Waals surface area contributed by atoms with E-state index in [1.165, 1.54) is 12.1 Å². The average Bonchev–Trinajstić information content (AvgIpc) is 2.56. The Kier molecular flexibility index (Phi) is 4.65. The molecule has 2 amide bonds. The maximum Gasteiger partial charge on any atom is 0.261 e. The normalized spacial score (nSPS) is 16.1. The standard InChI is InChI=1S/C18H18FN3O3/c19-13-5-2-1-4-10(13)8-16(23)21-14-6-3-7-15-11(14)9-12(17(20)24)18(25)22-15/h1-2,4-5,9,14H,3,6-8H2,(H2,20,24)(H,21,23)(H,22,25). The highest BCUT2D eigenvalue weighted by atomic mass is 19.1. The highest BCUT2D eigenvalue weighted by molar-refractivity contribution is 5.92. The number of hydrogen-bond donors (Lipinski definition) is 3. The molecule has 0 spiro atoms. The number of fused-ring (bicyclic) bond motifs is 1. The highest BCUT2D eigenvalue weighted by Gasteiger charge is 2.25. The Labute approximate surface area is 143 Å². The van der Waals surface area contributed by atoms with E-state index in [0.717, 1.165) is 6.42 Å². The van der Waals surface area contributed by atoms with Crippen molar-refractivity contribution in [1.29, 1.82) is 0 Å². The molecule has 3 rings (SSSR count). The highest BCUT2D eigenvalue weighted by Crippen LogP contribution is 2.28. The van der Waals surface area contributed by atoms with Gasteiger partial charge in [-0.3, -0.25) is 14.4 Å². The Morgan fingerprint density at radius 2 is 2.08 bits per heavy atom. The molecule has 25 heavy (non-hydrogen) atoms. The summed E-state index contributed by atoms with van der Waals surface area (Å²) < 4.78 is 13.7. The fourth-order valence-electron chi connectivity index (χ4n) is 3.13. The molecule has 1 aliphatic carbocycles. The van der Waals surface area contributed by atoms with E-state index in [-0.39, 0.29) is 23.9 Å². The minimum atomic E-state index is -0.814. The van der Waals surface area contributed by atoms with Gasteiger partial charge < -0.3 is 16.0 Å². The Bertz CT molecular complexity index is 891. The number of H-pyrrole nitrogens is 1. The number of primary amides is 1. The summed E-state index contributed by atoms with van der Waals surface area (Å²) in [5.41, 5.74) is 6.26. The molecule has 0 fully saturated rings. The number of halogens is 1. The van der Waals surface area contributed by atoms with E-state index in [9.17, 15) is 18.8 Å². The summed E-state index contributed by atoms with van der Waals surface area (Å²) >= 11 is 0. The second-order valence-electron chi connectivity index (χ2n) is 6.09. The summed E-state index contributed by atoms with van der Waals surface area (Å²) in [5, 5.41) is 2.86. The second-order valence-corrected chi connectivity index (χ2v) is 6.09. The predicted molar refractivity (Wildman–Crippen MR) is 89.5 cm³/mol. The van der Waals surface area contributed by atoms with Gasteiger partial charge in [-0.1, -0.05) is 18.2 Å². The zero-order chi connectivity index (χ0) is 18.0. The van der Waals surface area contributed by atoms with Crippen molar-refractivity contribution in [1.82, 2.24) is 10.3 Å². The van der Waals surface area contributed by atoms with E-state index >= 15 is 0 Å². The number of aromatic nitrogens is 1. The van der Waals surface area contributed by atoms with Crippen molar-refractivity contribution in [2.45, 2.75) is 31.7 Å². The van der Waals surface area contributed by atoms with E-state index in [1.54, 1.807) is 18.2 Å². The molecule has 1 aromatic carbocycles. The van der Waals surface area contributed by atoms with Crippen molar-refractivity contribution in [3.8, 4) is 0 Å². The number of nitrogens with one attached hydrogen (secondary N) is 2. The molecule has 2 aromatic rings. The van der Waals surface area contributed by atoms with Crippen LogP contribution in [0.1, 0.15) is 46.1 Å². The number of rotatable bonds is 4. The topological polar surface area (TPSA) is 105 Å². The molecule has 7 heteroatoms. The molecule has 1 aromatic heterocycles. The molecule has 1 unspecified atom stereocenters. The summed E-state index contributed by atoms with van der Waals surface area (Å²) in [4.78, 5) is 38.2. The lowest BCUT2D eigenvalue weighted by Gasteiger charge is -2.26. The van der Waals surface area contributed by atoms with Gasteiger partial charge >= 0.3 is 0 Å². The molecular formula is C18H18FN3O3. The Morgan fingerprint density at radius 3 is 2.80 bits per heavy atom. The Hall–Kier alpha value is -2.96. The maximum absolute atomic E-state index is 13.7. The summed E-state index contributed by atoms with van der Waals surface area (Å²) in [6.07, 6.45) is 2.03. The summed E-state index contributed by atoms with van der Waals surface area (Å²) in [7, 11) is 0. The molecule has 4 N–H and O–H groups in total. The third-order valence-corrected chi connectivity index (χ3v) is 4.36. The van der Waals surface area contributed by atoms with Crippen molar-refractivity contribution >= 4 is 11.8 Å². The van der Waals surface area contributed by atoms with Gasteiger partial charge in [0, 0.05) is 5.69 Å². The summed E-state index contributed by atoms with van der Waals surface area (Å²) in [6, 6.07) is 7.21. The van der Waals surface area contributed by atoms with Crippen LogP contribution in [-0.4, -0.2) is 16.8 Å². The molecule has 0 bridgehead atoms. The molecule has 0 aliphatic heterocycles. The van der Waals surface area contributed by atoms with Crippen LogP contribution in [0.15, 0.2) is 35.1 Å². The van der Waals surface area contributed by atoms with Gasteiger partial charge in [0.05, 0.1) is 12.5 Å². The number of pyridine rings is 1. The molecule has 130 valence electrons. The van der Waals surface area contributed by atoms with Gasteiger partial charge in [-0.25, -0.2) is 4.39 Å². The van der Waals surface area contributed by atoms with Crippen LogP contribution in [0.5, 0.6) is 0 Å². The predicted octanol–water partition coefficient (Wildman–Crippen LogP) is 1.35. The van der Waals surface area contributed by atoms with E-state index in [1.807, 2.05) is 0 Å². The second kappa shape index (κ2) is 6.88. The van der Waals surface area contributed by atoms with E-state index in [4.69, 9.17) is 5.73 Å². The monoisotopic (exact) mass is 343 g/mol. The maximum atomic E-state index is 13.7. The fourth-order valence-corrected chi connectivity index (χ4v) is 3.13. The van der Waals surface area contributed by atoms with Crippen LogP contribution < -0.4 is 16.6 Å². The third-order valence-electron chi connectivity index (χ3n) is 4.36. The van der Waals surface area contributed by atoms with Gasteiger partial charge in [-0.05, 0) is 42.5 Å². The number of aryl methyl sites for hydroxylation is 1. The minimum absolute atomic E-state index is 0.0788. The van der Waals surface area contributed by atoms with E-state index in [0.29, 0.717) is 29.7 Å². The number of carbonyl (C=O) groups is 2. The van der Waals surface area contributed by atoms with Gasteiger partial charge in [-0.2, -0.15) is 0 Å². The van der Waals surface area contributed by atoms with Gasteiger partial charge in [0.25, 0.3) is 11.5 Å². The molecule has 0 saturated heterocycles. The fraction of sp³-hybridized carbons (Fsp3) is 0.278. The molecule has 0 radical (unpaired) electrons. The van der Waals surface area contributed by atoms with Gasteiger partial charge in [0.15, 0.2) is 0 Å². The van der Waals surface area contributed by atoms with Crippen LogP contribution in [0.3, 0.4) is 0 Å². The quantitative estimate of drug-likeness (QED) is 0.780. The number of amides is 2. The average molecular weight is 343 g/mol. The summed E-state index contributed by atoms with van der Waals surface area (Å²) in [6.45, 7) is 0. The van der Waals surface area contributed by atoms with Crippen LogP contribution in [-0.2, 0) is 17.6 Å². The van der Waals surface area contributed by atoms with Crippen LogP contribution in [0.2, 0.25) is 0 Å². The molecule has 6 nitrogen and oxygen atoms in total. The van der Waals surface area contributed by atoms with Crippen molar-refractivity contribution in [2.75, 3.05) is 0 Å². The first-order chi connectivity index (χ1) is 12.0. The lowest BCUT2D eigenvalue weighted by Crippen LogP contribution is -2.34. The lowest BCUT2D eigenvalue weighted by atomic mass is 9.90. The van der Waals surface area contributed by atoms with Crippen molar-refractivity contribution < 1.29 is 14.0 Å². The Morgan fingerprint density at radius 1 is 1.32 bits per heavy atom. The first-order valence-corrected chi connectivity index (χ1v) is 8.04. The van der Waals surface area contributed by atoms with E-state index in [2.05, 4.69) is 10.3 Å². The number of benzene rings is 1. The van der Waals surface area contributed by atoms with Crippen molar-refractivity contribution in [3.63, 3.8) is 0 Å². The van der Waals surface area contributed by atoms with E-state index < -0.39 is 17.3 Å².